The molecule has 9 aromatic carbocycles. The summed E-state index contributed by atoms with van der Waals surface area (Å²) in [6, 6.07) is 89.3. The number of para-hydroxylation sites is 2. The second-order valence-electron chi connectivity index (χ2n) is 14.1. The summed E-state index contributed by atoms with van der Waals surface area (Å²) in [4.78, 5) is 2.27. The topological polar surface area (TPSA) is 12.5 Å². The van der Waals surface area contributed by atoms with E-state index in [9.17, 15) is 0 Å². The fourth-order valence-electron chi connectivity index (χ4n) is 7.95. The van der Waals surface area contributed by atoms with Gasteiger partial charge in [0.1, 0.15) is 11.5 Å². The first-order valence-electron chi connectivity index (χ1n) is 19.4. The summed E-state index contributed by atoms with van der Waals surface area (Å²) in [5, 5.41) is 0. The maximum Gasteiger partial charge on any atom is -0.0172 e. The van der Waals surface area contributed by atoms with Crippen LogP contribution in [0.25, 0.3) is 22.3 Å². The zero-order valence-electron chi connectivity index (χ0n) is 31.5. The Morgan fingerprint density at radius 2 is 0.526 bits per heavy atom. The van der Waals surface area contributed by atoms with Gasteiger partial charge < -0.3 is 9.64 Å². The largest absolute Gasteiger partial charge is 0.0586 e. The fraction of sp³-hybridized carbons (Fsp3) is 0. The summed E-state index contributed by atoms with van der Waals surface area (Å²) in [6.45, 7) is 0. The van der Waals surface area contributed by atoms with Crippen LogP contribution in [0.5, 0.6) is 11.5 Å². The number of ether oxygens (including phenoxy) is 1. The summed E-state index contributed by atoms with van der Waals surface area (Å²) in [7, 11) is 0. The molecule has 0 bridgehead atoms. The predicted molar refractivity (Wildman–Crippen MR) is 242 cm³/mol. The molecule has 0 aromatic heterocycles. The van der Waals surface area contributed by atoms with Gasteiger partial charge >= 0.3 is 223 Å². The first-order valence-corrected chi connectivity index (χ1v) is 23.6. The van der Waals surface area contributed by atoms with Crippen molar-refractivity contribution >= 4 is 47.9 Å². The molecular formula is C54H41GeNO. The van der Waals surface area contributed by atoms with Crippen LogP contribution in [0.4, 0.5) is 17.1 Å². The monoisotopic (exact) mass is 793 g/mol. The Morgan fingerprint density at radius 1 is 0.246 bits per heavy atom. The molecule has 0 radical (unpaired) electrons. The van der Waals surface area contributed by atoms with Crippen LogP contribution in [0.2, 0.25) is 0 Å². The summed E-state index contributed by atoms with van der Waals surface area (Å²) in [5.74, 6) is 1.62. The van der Waals surface area contributed by atoms with E-state index < -0.39 is 13.3 Å². The Hall–Kier alpha value is -6.88. The van der Waals surface area contributed by atoms with Gasteiger partial charge in [0.05, 0.1) is 0 Å². The van der Waals surface area contributed by atoms with Gasteiger partial charge in [-0.25, -0.2) is 0 Å². The van der Waals surface area contributed by atoms with Crippen LogP contribution in [-0.2, 0) is 0 Å². The molecule has 0 unspecified atom stereocenters. The molecule has 0 spiro atoms. The molecule has 0 fully saturated rings. The second kappa shape index (κ2) is 16.5. The van der Waals surface area contributed by atoms with E-state index in [0.717, 1.165) is 28.6 Å². The number of rotatable bonds is 11. The molecule has 0 aliphatic rings. The van der Waals surface area contributed by atoms with Crippen molar-refractivity contribution in [2.24, 2.45) is 0 Å². The van der Waals surface area contributed by atoms with E-state index in [1.54, 1.807) is 0 Å². The Morgan fingerprint density at radius 3 is 0.947 bits per heavy atom. The first-order chi connectivity index (χ1) is 28.3. The van der Waals surface area contributed by atoms with E-state index >= 15 is 0 Å². The predicted octanol–water partition coefficient (Wildman–Crippen LogP) is 11.7. The molecule has 272 valence electrons. The Labute approximate surface area is 338 Å². The van der Waals surface area contributed by atoms with Crippen LogP contribution in [0.1, 0.15) is 0 Å². The molecule has 3 heteroatoms. The molecule has 9 rings (SSSR count). The zero-order valence-corrected chi connectivity index (χ0v) is 33.6. The van der Waals surface area contributed by atoms with Crippen LogP contribution in [0.15, 0.2) is 249 Å². The molecule has 0 amide bonds. The van der Waals surface area contributed by atoms with Crippen molar-refractivity contribution in [3.63, 3.8) is 0 Å². The summed E-state index contributed by atoms with van der Waals surface area (Å²) >= 11 is -3.29. The van der Waals surface area contributed by atoms with Crippen LogP contribution in [0.3, 0.4) is 0 Å². The van der Waals surface area contributed by atoms with Gasteiger partial charge in [0, 0.05) is 11.4 Å². The third-order valence-electron chi connectivity index (χ3n) is 10.7. The normalized spacial score (nSPS) is 11.2. The average Bonchev–Trinajstić information content (AvgIpc) is 3.30. The minimum atomic E-state index is -3.29. The minimum absolute atomic E-state index is 0.801. The Kier molecular flexibility index (Phi) is 10.3. The van der Waals surface area contributed by atoms with Crippen molar-refractivity contribution in [1.82, 2.24) is 0 Å². The van der Waals surface area contributed by atoms with Crippen LogP contribution in [0, 0.1) is 0 Å². The maximum atomic E-state index is 6.08. The molecular weight excluding hydrogens is 751 g/mol. The van der Waals surface area contributed by atoms with Crippen molar-refractivity contribution in [3.05, 3.63) is 249 Å². The summed E-state index contributed by atoms with van der Waals surface area (Å²) in [5.41, 5.74) is 8.00. The first kappa shape index (κ1) is 35.8. The van der Waals surface area contributed by atoms with Crippen molar-refractivity contribution < 1.29 is 4.74 Å². The number of benzene rings is 9. The van der Waals surface area contributed by atoms with Crippen molar-refractivity contribution in [2.45, 2.75) is 0 Å². The number of hydrogen-bond donors (Lipinski definition) is 0. The minimum Gasteiger partial charge on any atom is -0.0586 e. The third-order valence-corrected chi connectivity index (χ3v) is 20.8. The number of anilines is 3. The van der Waals surface area contributed by atoms with Crippen LogP contribution < -0.4 is 27.2 Å². The second-order valence-corrected chi connectivity index (χ2v) is 22.1. The molecule has 0 saturated heterocycles. The standard InChI is InChI=1S/C54H41GeNO/c1-6-16-46(17-7-1)55(47-18-8-2-9-19-47,48-20-10-3-11-21-48)49-34-30-44(31-35-49)42-26-28-43(29-27-42)45-32-36-51(37-33-45)56(50-22-12-4-13-23-50)52-38-40-54(41-39-52)57-53-24-14-5-15-25-53/h1-41H. The van der Waals surface area contributed by atoms with Crippen molar-refractivity contribution in [1.29, 1.82) is 0 Å². The molecule has 9 aromatic rings. The Bertz CT molecular complexity index is 2540. The number of nitrogens with zero attached hydrogens (tertiary/aromatic N) is 1. The molecule has 0 saturated carbocycles. The smallest absolute Gasteiger partial charge is 0.0172 e. The molecule has 0 aliphatic heterocycles. The van der Waals surface area contributed by atoms with Crippen molar-refractivity contribution in [3.8, 4) is 33.8 Å². The van der Waals surface area contributed by atoms with Gasteiger partial charge in [-0.15, -0.1) is 0 Å². The SMILES string of the molecule is c1ccc(Oc2ccc(N(c3ccccc3)c3ccc(-c4ccc(-c5cc[c]([Ge]([c]6ccccc6)([c]6ccccc6)[c]6ccccc6)cc5)cc4)cc3)cc2)cc1. The van der Waals surface area contributed by atoms with Crippen LogP contribution >= 0.6 is 0 Å². The Balaban J connectivity index is 0.987. The van der Waals surface area contributed by atoms with E-state index in [1.165, 1.54) is 39.8 Å². The average molecular weight is 793 g/mol. The van der Waals surface area contributed by atoms with E-state index in [2.05, 4.69) is 211 Å². The summed E-state index contributed by atoms with van der Waals surface area (Å²) < 4.78 is 11.8. The maximum absolute atomic E-state index is 6.08. The van der Waals surface area contributed by atoms with Gasteiger partial charge in [0.2, 0.25) is 0 Å². The number of hydrogen-bond acceptors (Lipinski definition) is 2. The van der Waals surface area contributed by atoms with Gasteiger partial charge in [-0.1, -0.05) is 36.4 Å². The van der Waals surface area contributed by atoms with E-state index in [4.69, 9.17) is 4.74 Å². The molecule has 0 aliphatic carbocycles. The third kappa shape index (κ3) is 7.44. The quantitative estimate of drug-likeness (QED) is 0.121. The fourth-order valence-corrected chi connectivity index (χ4v) is 17.9. The zero-order chi connectivity index (χ0) is 38.3. The van der Waals surface area contributed by atoms with Gasteiger partial charge in [0.25, 0.3) is 0 Å². The van der Waals surface area contributed by atoms with Gasteiger partial charge in [-0.05, 0) is 48.5 Å². The summed E-state index contributed by atoms with van der Waals surface area (Å²) in [6.07, 6.45) is 0. The van der Waals surface area contributed by atoms with E-state index in [-0.39, 0.29) is 0 Å². The molecule has 2 nitrogen and oxygen atoms in total. The van der Waals surface area contributed by atoms with Crippen LogP contribution in [-0.4, -0.2) is 13.3 Å². The van der Waals surface area contributed by atoms with Gasteiger partial charge in [-0.2, -0.15) is 0 Å². The van der Waals surface area contributed by atoms with Gasteiger partial charge in [0.15, 0.2) is 0 Å². The van der Waals surface area contributed by atoms with E-state index in [1.807, 2.05) is 42.5 Å². The van der Waals surface area contributed by atoms with E-state index in [0.29, 0.717) is 0 Å². The molecule has 0 N–H and O–H groups in total. The van der Waals surface area contributed by atoms with Crippen molar-refractivity contribution in [2.75, 3.05) is 4.90 Å². The molecule has 0 atom stereocenters. The molecule has 57 heavy (non-hydrogen) atoms. The van der Waals surface area contributed by atoms with Gasteiger partial charge in [-0.3, -0.25) is 0 Å². The molecule has 0 heterocycles.